The fourth-order valence-corrected chi connectivity index (χ4v) is 3.25. The van der Waals surface area contributed by atoms with Crippen LogP contribution in [0.2, 0.25) is 0 Å². The lowest BCUT2D eigenvalue weighted by Gasteiger charge is -2.19. The fraction of sp³-hybridized carbons (Fsp3) is 0.125. The van der Waals surface area contributed by atoms with Crippen molar-refractivity contribution in [2.24, 2.45) is 0 Å². The van der Waals surface area contributed by atoms with Crippen LogP contribution in [0.3, 0.4) is 0 Å². The molecule has 108 valence electrons. The standard InChI is InChI=1S/C16H15NO3S/c1-12-6-8-13(9-7-12)21(18,19)17-15-10-11-20-16-5-3-2-4-14(15)16/h2-10,17H,11H2,1H3. The summed E-state index contributed by atoms with van der Waals surface area (Å²) in [6, 6.07) is 14.1. The highest BCUT2D eigenvalue weighted by atomic mass is 32.2. The van der Waals surface area contributed by atoms with Gasteiger partial charge in [-0.2, -0.15) is 0 Å². The van der Waals surface area contributed by atoms with Gasteiger partial charge in [0.05, 0.1) is 10.6 Å². The van der Waals surface area contributed by atoms with Gasteiger partial charge in [0.1, 0.15) is 12.4 Å². The van der Waals surface area contributed by atoms with Gasteiger partial charge in [0.25, 0.3) is 10.0 Å². The molecule has 21 heavy (non-hydrogen) atoms. The fourth-order valence-electron chi connectivity index (χ4n) is 2.16. The molecule has 0 saturated carbocycles. The third kappa shape index (κ3) is 2.78. The Kier molecular flexibility index (Phi) is 3.43. The van der Waals surface area contributed by atoms with Crippen molar-refractivity contribution in [3.05, 3.63) is 65.7 Å². The van der Waals surface area contributed by atoms with E-state index in [1.807, 2.05) is 31.2 Å². The van der Waals surface area contributed by atoms with Gasteiger partial charge in [-0.05, 0) is 37.3 Å². The van der Waals surface area contributed by atoms with Crippen molar-refractivity contribution < 1.29 is 13.2 Å². The van der Waals surface area contributed by atoms with Crippen LogP contribution < -0.4 is 9.46 Å². The lowest BCUT2D eigenvalue weighted by atomic mass is 10.1. The van der Waals surface area contributed by atoms with Gasteiger partial charge in [-0.25, -0.2) is 8.42 Å². The van der Waals surface area contributed by atoms with Gasteiger partial charge in [0.2, 0.25) is 0 Å². The summed E-state index contributed by atoms with van der Waals surface area (Å²) in [6.07, 6.45) is 1.73. The van der Waals surface area contributed by atoms with Crippen molar-refractivity contribution in [2.75, 3.05) is 6.61 Å². The maximum atomic E-state index is 12.4. The molecule has 0 amide bonds. The first-order valence-corrected chi connectivity index (χ1v) is 8.06. The number of sulfonamides is 1. The maximum absolute atomic E-state index is 12.4. The third-order valence-electron chi connectivity index (χ3n) is 3.28. The first-order chi connectivity index (χ1) is 10.1. The number of hydrogen-bond acceptors (Lipinski definition) is 3. The molecular formula is C16H15NO3S. The van der Waals surface area contributed by atoms with Gasteiger partial charge < -0.3 is 4.74 Å². The Morgan fingerprint density at radius 3 is 2.52 bits per heavy atom. The molecule has 4 nitrogen and oxygen atoms in total. The summed E-state index contributed by atoms with van der Waals surface area (Å²) in [4.78, 5) is 0.248. The van der Waals surface area contributed by atoms with E-state index < -0.39 is 10.0 Å². The average molecular weight is 301 g/mol. The lowest BCUT2D eigenvalue weighted by Crippen LogP contribution is -2.24. The van der Waals surface area contributed by atoms with E-state index in [0.29, 0.717) is 18.1 Å². The van der Waals surface area contributed by atoms with E-state index in [0.717, 1.165) is 11.1 Å². The molecule has 1 heterocycles. The minimum Gasteiger partial charge on any atom is -0.489 e. The van der Waals surface area contributed by atoms with Crippen molar-refractivity contribution in [2.45, 2.75) is 11.8 Å². The van der Waals surface area contributed by atoms with Crippen LogP contribution in [0.15, 0.2) is 59.5 Å². The predicted molar refractivity (Wildman–Crippen MR) is 81.4 cm³/mol. The average Bonchev–Trinajstić information content (AvgIpc) is 2.48. The molecule has 0 spiro atoms. The smallest absolute Gasteiger partial charge is 0.261 e. The van der Waals surface area contributed by atoms with Gasteiger partial charge in [-0.15, -0.1) is 0 Å². The van der Waals surface area contributed by atoms with Crippen molar-refractivity contribution in [1.29, 1.82) is 0 Å². The molecule has 0 bridgehead atoms. The molecule has 5 heteroatoms. The zero-order valence-corrected chi connectivity index (χ0v) is 12.4. The van der Waals surface area contributed by atoms with E-state index >= 15 is 0 Å². The van der Waals surface area contributed by atoms with Crippen LogP contribution in [0.5, 0.6) is 5.75 Å². The lowest BCUT2D eigenvalue weighted by molar-refractivity contribution is 0.356. The van der Waals surface area contributed by atoms with Crippen LogP contribution in [0.4, 0.5) is 0 Å². The maximum Gasteiger partial charge on any atom is 0.261 e. The molecule has 0 unspecified atom stereocenters. The summed E-state index contributed by atoms with van der Waals surface area (Å²) >= 11 is 0. The molecule has 1 aliphatic rings. The summed E-state index contributed by atoms with van der Waals surface area (Å²) in [5, 5.41) is 0. The molecule has 0 aromatic heterocycles. The summed E-state index contributed by atoms with van der Waals surface area (Å²) in [5.74, 6) is 0.682. The molecule has 0 fully saturated rings. The van der Waals surface area contributed by atoms with E-state index in [-0.39, 0.29) is 4.90 Å². The van der Waals surface area contributed by atoms with E-state index in [1.54, 1.807) is 30.3 Å². The van der Waals surface area contributed by atoms with Crippen LogP contribution in [0.1, 0.15) is 11.1 Å². The Labute approximate surface area is 124 Å². The van der Waals surface area contributed by atoms with E-state index in [1.165, 1.54) is 0 Å². The van der Waals surface area contributed by atoms with Gasteiger partial charge in [-0.3, -0.25) is 4.72 Å². The molecular weight excluding hydrogens is 286 g/mol. The van der Waals surface area contributed by atoms with Crippen molar-refractivity contribution in [3.8, 4) is 5.75 Å². The highest BCUT2D eigenvalue weighted by Crippen LogP contribution is 2.28. The molecule has 3 rings (SSSR count). The minimum atomic E-state index is -3.59. The van der Waals surface area contributed by atoms with Gasteiger partial charge >= 0.3 is 0 Å². The highest BCUT2D eigenvalue weighted by molar-refractivity contribution is 7.89. The minimum absolute atomic E-state index is 0.248. The van der Waals surface area contributed by atoms with Crippen molar-refractivity contribution in [3.63, 3.8) is 0 Å². The molecule has 0 saturated heterocycles. The van der Waals surface area contributed by atoms with Crippen LogP contribution in [0.25, 0.3) is 5.70 Å². The Morgan fingerprint density at radius 2 is 1.76 bits per heavy atom. The summed E-state index contributed by atoms with van der Waals surface area (Å²) in [5.41, 5.74) is 2.32. The number of hydrogen-bond donors (Lipinski definition) is 1. The normalized spacial score (nSPS) is 13.9. The largest absolute Gasteiger partial charge is 0.489 e. The molecule has 1 N–H and O–H groups in total. The first kappa shape index (κ1) is 13.7. The van der Waals surface area contributed by atoms with Crippen LogP contribution in [-0.2, 0) is 10.0 Å². The Morgan fingerprint density at radius 1 is 1.05 bits per heavy atom. The number of aryl methyl sites for hydroxylation is 1. The summed E-state index contributed by atoms with van der Waals surface area (Å²) in [6.45, 7) is 2.27. The second-order valence-electron chi connectivity index (χ2n) is 4.84. The Bertz CT molecular complexity index is 793. The predicted octanol–water partition coefficient (Wildman–Crippen LogP) is 2.71. The molecule has 1 aliphatic heterocycles. The van der Waals surface area contributed by atoms with Gasteiger partial charge in [0, 0.05) is 5.56 Å². The monoisotopic (exact) mass is 301 g/mol. The number of fused-ring (bicyclic) bond motifs is 1. The molecule has 2 aromatic rings. The number of rotatable bonds is 3. The first-order valence-electron chi connectivity index (χ1n) is 6.58. The second-order valence-corrected chi connectivity index (χ2v) is 6.53. The van der Waals surface area contributed by atoms with Crippen LogP contribution in [-0.4, -0.2) is 15.0 Å². The summed E-state index contributed by atoms with van der Waals surface area (Å²) < 4.78 is 33.0. The number of nitrogens with one attached hydrogen (secondary N) is 1. The molecule has 0 radical (unpaired) electrons. The number of para-hydroxylation sites is 1. The number of ether oxygens (including phenoxy) is 1. The Hall–Kier alpha value is -2.27. The van der Waals surface area contributed by atoms with Gasteiger partial charge in [-0.1, -0.05) is 29.8 Å². The van der Waals surface area contributed by atoms with Crippen molar-refractivity contribution in [1.82, 2.24) is 4.72 Å². The quantitative estimate of drug-likeness (QED) is 0.948. The number of benzene rings is 2. The van der Waals surface area contributed by atoms with Crippen molar-refractivity contribution >= 4 is 15.7 Å². The molecule has 2 aromatic carbocycles. The topological polar surface area (TPSA) is 55.4 Å². The molecule has 0 aliphatic carbocycles. The van der Waals surface area contributed by atoms with E-state index in [9.17, 15) is 8.42 Å². The zero-order valence-electron chi connectivity index (χ0n) is 11.5. The SMILES string of the molecule is Cc1ccc(S(=O)(=O)NC2=CCOc3ccccc32)cc1. The van der Waals surface area contributed by atoms with E-state index in [4.69, 9.17) is 4.74 Å². The molecule has 0 atom stereocenters. The van der Waals surface area contributed by atoms with Crippen LogP contribution in [0, 0.1) is 6.92 Å². The van der Waals surface area contributed by atoms with Crippen LogP contribution >= 0.6 is 0 Å². The zero-order chi connectivity index (χ0) is 14.9. The van der Waals surface area contributed by atoms with Gasteiger partial charge in [0.15, 0.2) is 0 Å². The Balaban J connectivity index is 1.93. The highest BCUT2D eigenvalue weighted by Gasteiger charge is 2.20. The second kappa shape index (κ2) is 5.26. The summed E-state index contributed by atoms with van der Waals surface area (Å²) in [7, 11) is -3.59. The van der Waals surface area contributed by atoms with E-state index in [2.05, 4.69) is 4.72 Å². The third-order valence-corrected chi connectivity index (χ3v) is 4.66.